The van der Waals surface area contributed by atoms with E-state index in [9.17, 15) is 4.79 Å². The molecule has 0 saturated carbocycles. The van der Waals surface area contributed by atoms with E-state index in [1.165, 1.54) is 22.7 Å². The molecule has 0 atom stereocenters. The molecule has 2 aromatic heterocycles. The standard InChI is InChI=1S/C23H24N4O3S2.ClH/c1-2-30-16-7-8-18-20(15-16)32-23(25-18)27(10-9-26-11-13-29-14-12-26)22(28)21-24-17-5-3-4-6-19(17)31-21;/h3-8,15H,2,9-14H2,1H3;1H. The molecule has 1 aliphatic rings. The fourth-order valence-corrected chi connectivity index (χ4v) is 5.63. The maximum atomic E-state index is 13.6. The third-order valence-corrected chi connectivity index (χ3v) is 7.42. The Morgan fingerprint density at radius 2 is 1.88 bits per heavy atom. The summed E-state index contributed by atoms with van der Waals surface area (Å²) in [5, 5.41) is 1.17. The molecule has 2 aromatic carbocycles. The number of morpholine rings is 1. The van der Waals surface area contributed by atoms with E-state index < -0.39 is 0 Å². The van der Waals surface area contributed by atoms with Crippen LogP contribution in [0.5, 0.6) is 5.75 Å². The minimum atomic E-state index is -0.108. The van der Waals surface area contributed by atoms with Gasteiger partial charge in [0, 0.05) is 26.2 Å². The first kappa shape index (κ1) is 23.8. The van der Waals surface area contributed by atoms with Gasteiger partial charge >= 0.3 is 0 Å². The molecule has 0 bridgehead atoms. The number of carbonyl (C=O) groups is 1. The first-order chi connectivity index (χ1) is 15.7. The summed E-state index contributed by atoms with van der Waals surface area (Å²) in [6, 6.07) is 13.7. The zero-order valence-corrected chi connectivity index (χ0v) is 20.7. The number of aromatic nitrogens is 2. The van der Waals surface area contributed by atoms with Crippen LogP contribution < -0.4 is 9.64 Å². The second-order valence-electron chi connectivity index (χ2n) is 7.46. The Morgan fingerprint density at radius 1 is 1.09 bits per heavy atom. The second kappa shape index (κ2) is 10.8. The van der Waals surface area contributed by atoms with Crippen LogP contribution in [0.3, 0.4) is 0 Å². The molecule has 3 heterocycles. The fourth-order valence-electron chi connectivity index (χ4n) is 3.69. The van der Waals surface area contributed by atoms with Crippen LogP contribution in [0.25, 0.3) is 20.4 Å². The van der Waals surface area contributed by atoms with Gasteiger partial charge in [0.1, 0.15) is 5.75 Å². The van der Waals surface area contributed by atoms with Gasteiger partial charge in [-0.1, -0.05) is 23.5 Å². The molecule has 1 fully saturated rings. The van der Waals surface area contributed by atoms with E-state index in [0.29, 0.717) is 23.3 Å². The van der Waals surface area contributed by atoms with Crippen LogP contribution in [0.4, 0.5) is 5.13 Å². The minimum Gasteiger partial charge on any atom is -0.494 e. The normalized spacial score (nSPS) is 14.3. The lowest BCUT2D eigenvalue weighted by molar-refractivity contribution is 0.0391. The van der Waals surface area contributed by atoms with Gasteiger partial charge in [0.15, 0.2) is 10.1 Å². The van der Waals surface area contributed by atoms with Crippen molar-refractivity contribution in [2.45, 2.75) is 6.92 Å². The Kier molecular flexibility index (Phi) is 7.77. The molecule has 5 rings (SSSR count). The van der Waals surface area contributed by atoms with Crippen LogP contribution in [0.15, 0.2) is 42.5 Å². The molecule has 0 N–H and O–H groups in total. The third kappa shape index (κ3) is 5.28. The molecule has 0 spiro atoms. The lowest BCUT2D eigenvalue weighted by atomic mass is 10.3. The summed E-state index contributed by atoms with van der Waals surface area (Å²) in [4.78, 5) is 27.1. The van der Waals surface area contributed by atoms with Gasteiger partial charge in [-0.2, -0.15) is 0 Å². The Bertz CT molecular complexity index is 1210. The van der Waals surface area contributed by atoms with Crippen LogP contribution >= 0.6 is 35.1 Å². The average molecular weight is 505 g/mol. The highest BCUT2D eigenvalue weighted by atomic mass is 35.5. The molecule has 4 aromatic rings. The van der Waals surface area contributed by atoms with E-state index in [0.717, 1.165) is 59.0 Å². The summed E-state index contributed by atoms with van der Waals surface area (Å²) in [7, 11) is 0. The van der Waals surface area contributed by atoms with Crippen molar-refractivity contribution in [1.82, 2.24) is 14.9 Å². The van der Waals surface area contributed by atoms with Crippen molar-refractivity contribution in [3.8, 4) is 5.75 Å². The number of ether oxygens (including phenoxy) is 2. The molecular weight excluding hydrogens is 480 g/mol. The molecule has 174 valence electrons. The van der Waals surface area contributed by atoms with Crippen molar-refractivity contribution in [2.75, 3.05) is 50.9 Å². The quantitative estimate of drug-likeness (QED) is 0.363. The van der Waals surface area contributed by atoms with Gasteiger partial charge in [-0.05, 0) is 37.3 Å². The third-order valence-electron chi connectivity index (χ3n) is 5.36. The van der Waals surface area contributed by atoms with Gasteiger partial charge in [-0.25, -0.2) is 9.97 Å². The number of anilines is 1. The summed E-state index contributed by atoms with van der Waals surface area (Å²) in [5.41, 5.74) is 1.71. The van der Waals surface area contributed by atoms with E-state index in [4.69, 9.17) is 14.5 Å². The first-order valence-corrected chi connectivity index (χ1v) is 12.4. The van der Waals surface area contributed by atoms with E-state index in [1.807, 2.05) is 49.4 Å². The summed E-state index contributed by atoms with van der Waals surface area (Å²) in [5.74, 6) is 0.705. The Balaban J connectivity index is 0.00000259. The van der Waals surface area contributed by atoms with Crippen LogP contribution in [0.2, 0.25) is 0 Å². The topological polar surface area (TPSA) is 67.8 Å². The van der Waals surface area contributed by atoms with Crippen LogP contribution in [0.1, 0.15) is 16.7 Å². The lowest BCUT2D eigenvalue weighted by Crippen LogP contribution is -2.43. The highest BCUT2D eigenvalue weighted by Gasteiger charge is 2.25. The first-order valence-electron chi connectivity index (χ1n) is 10.7. The second-order valence-corrected chi connectivity index (χ2v) is 9.50. The van der Waals surface area contributed by atoms with Gasteiger partial charge in [-0.3, -0.25) is 14.6 Å². The predicted octanol–water partition coefficient (Wildman–Crippen LogP) is 4.71. The molecule has 0 aliphatic carbocycles. The van der Waals surface area contributed by atoms with Gasteiger partial charge in [0.25, 0.3) is 5.91 Å². The highest BCUT2D eigenvalue weighted by molar-refractivity contribution is 7.23. The predicted molar refractivity (Wildman–Crippen MR) is 137 cm³/mol. The zero-order chi connectivity index (χ0) is 21.9. The van der Waals surface area contributed by atoms with Crippen LogP contribution in [-0.4, -0.2) is 66.8 Å². The van der Waals surface area contributed by atoms with Crippen molar-refractivity contribution in [1.29, 1.82) is 0 Å². The number of para-hydroxylation sites is 1. The molecule has 7 nitrogen and oxygen atoms in total. The number of thiazole rings is 2. The molecule has 1 amide bonds. The van der Waals surface area contributed by atoms with E-state index in [2.05, 4.69) is 9.88 Å². The van der Waals surface area contributed by atoms with Crippen molar-refractivity contribution in [3.05, 3.63) is 47.5 Å². The maximum Gasteiger partial charge on any atom is 0.289 e. The van der Waals surface area contributed by atoms with Gasteiger partial charge < -0.3 is 9.47 Å². The Labute approximate surface area is 206 Å². The number of nitrogens with zero attached hydrogens (tertiary/aromatic N) is 4. The summed E-state index contributed by atoms with van der Waals surface area (Å²) in [6.45, 7) is 7.10. The lowest BCUT2D eigenvalue weighted by Gasteiger charge is -2.28. The van der Waals surface area contributed by atoms with Crippen molar-refractivity contribution in [2.24, 2.45) is 0 Å². The van der Waals surface area contributed by atoms with Crippen molar-refractivity contribution in [3.63, 3.8) is 0 Å². The van der Waals surface area contributed by atoms with E-state index in [1.54, 1.807) is 4.90 Å². The minimum absolute atomic E-state index is 0. The summed E-state index contributed by atoms with van der Waals surface area (Å²) >= 11 is 2.94. The maximum absolute atomic E-state index is 13.6. The number of carbonyl (C=O) groups excluding carboxylic acids is 1. The number of rotatable bonds is 7. The molecule has 10 heteroatoms. The largest absolute Gasteiger partial charge is 0.494 e. The average Bonchev–Trinajstić information content (AvgIpc) is 3.44. The number of hydrogen-bond acceptors (Lipinski definition) is 8. The number of halogens is 1. The zero-order valence-electron chi connectivity index (χ0n) is 18.2. The monoisotopic (exact) mass is 504 g/mol. The van der Waals surface area contributed by atoms with Crippen molar-refractivity contribution >= 4 is 66.6 Å². The molecule has 0 radical (unpaired) electrons. The smallest absolute Gasteiger partial charge is 0.289 e. The number of fused-ring (bicyclic) bond motifs is 2. The Hall–Kier alpha value is -2.30. The number of benzene rings is 2. The SMILES string of the molecule is CCOc1ccc2nc(N(CCN3CCOCC3)C(=O)c3nc4ccccc4s3)sc2c1.Cl. The molecule has 33 heavy (non-hydrogen) atoms. The van der Waals surface area contributed by atoms with Crippen molar-refractivity contribution < 1.29 is 14.3 Å². The summed E-state index contributed by atoms with van der Waals surface area (Å²) < 4.78 is 13.1. The Morgan fingerprint density at radius 3 is 2.67 bits per heavy atom. The number of hydrogen-bond donors (Lipinski definition) is 0. The van der Waals surface area contributed by atoms with Gasteiger partial charge in [0.05, 0.1) is 40.3 Å². The molecule has 0 unspecified atom stereocenters. The highest BCUT2D eigenvalue weighted by Crippen LogP contribution is 2.33. The fraction of sp³-hybridized carbons (Fsp3) is 0.348. The van der Waals surface area contributed by atoms with Gasteiger partial charge in [-0.15, -0.1) is 23.7 Å². The van der Waals surface area contributed by atoms with E-state index in [-0.39, 0.29) is 18.3 Å². The summed E-state index contributed by atoms with van der Waals surface area (Å²) in [6.07, 6.45) is 0. The van der Waals surface area contributed by atoms with E-state index >= 15 is 0 Å². The molecular formula is C23H25ClN4O3S2. The van der Waals surface area contributed by atoms with Crippen LogP contribution in [-0.2, 0) is 4.74 Å². The van der Waals surface area contributed by atoms with Crippen LogP contribution in [0, 0.1) is 0 Å². The number of amides is 1. The molecule has 1 aliphatic heterocycles. The van der Waals surface area contributed by atoms with Gasteiger partial charge in [0.2, 0.25) is 0 Å². The molecule has 1 saturated heterocycles.